The largest absolute Gasteiger partial charge is 0.427 e. The lowest BCUT2D eigenvalue weighted by molar-refractivity contribution is -0.384. The highest BCUT2D eigenvalue weighted by Crippen LogP contribution is 2.18. The molecule has 2 aromatic rings. The van der Waals surface area contributed by atoms with Crippen LogP contribution in [-0.4, -0.2) is 10.9 Å². The van der Waals surface area contributed by atoms with E-state index in [4.69, 9.17) is 4.74 Å². The first-order valence-electron chi connectivity index (χ1n) is 6.11. The fourth-order valence-corrected chi connectivity index (χ4v) is 2.39. The maximum atomic E-state index is 11.6. The second-order valence-corrected chi connectivity index (χ2v) is 4.99. The number of aryl methyl sites for hydroxylation is 1. The Morgan fingerprint density at radius 1 is 1.25 bits per heavy atom. The summed E-state index contributed by atoms with van der Waals surface area (Å²) < 4.78 is 5.11. The van der Waals surface area contributed by atoms with Crippen LogP contribution in [0.4, 0.5) is 5.69 Å². The molecule has 20 heavy (non-hydrogen) atoms. The third kappa shape index (κ3) is 4.17. The molecule has 0 bridgehead atoms. The van der Waals surface area contributed by atoms with Gasteiger partial charge >= 0.3 is 5.97 Å². The van der Waals surface area contributed by atoms with Crippen LogP contribution in [-0.2, 0) is 11.2 Å². The molecule has 6 heteroatoms. The number of carbonyl (C=O) groups is 1. The van der Waals surface area contributed by atoms with Crippen molar-refractivity contribution < 1.29 is 14.5 Å². The molecule has 0 fully saturated rings. The molecule has 1 aromatic carbocycles. The summed E-state index contributed by atoms with van der Waals surface area (Å²) in [5, 5.41) is 14.5. The molecule has 0 aliphatic rings. The van der Waals surface area contributed by atoms with E-state index in [-0.39, 0.29) is 11.7 Å². The van der Waals surface area contributed by atoms with Crippen LogP contribution in [0.1, 0.15) is 18.4 Å². The second kappa shape index (κ2) is 6.81. The fourth-order valence-electron chi connectivity index (χ4n) is 1.69. The molecule has 0 amide bonds. The average molecular weight is 291 g/mol. The van der Waals surface area contributed by atoms with E-state index in [9.17, 15) is 14.9 Å². The van der Waals surface area contributed by atoms with Crippen molar-refractivity contribution in [3.63, 3.8) is 0 Å². The van der Waals surface area contributed by atoms with Gasteiger partial charge in [-0.05, 0) is 47.4 Å². The second-order valence-electron chi connectivity index (χ2n) is 4.21. The van der Waals surface area contributed by atoms with Gasteiger partial charge < -0.3 is 4.74 Å². The van der Waals surface area contributed by atoms with Gasteiger partial charge in [0.15, 0.2) is 0 Å². The van der Waals surface area contributed by atoms with E-state index >= 15 is 0 Å². The van der Waals surface area contributed by atoms with E-state index in [1.807, 2.05) is 11.4 Å². The van der Waals surface area contributed by atoms with E-state index in [0.29, 0.717) is 12.2 Å². The highest BCUT2D eigenvalue weighted by Gasteiger charge is 2.08. The average Bonchev–Trinajstić information content (AvgIpc) is 2.92. The van der Waals surface area contributed by atoms with Crippen molar-refractivity contribution in [2.24, 2.45) is 0 Å². The molecule has 104 valence electrons. The molecule has 0 spiro atoms. The highest BCUT2D eigenvalue weighted by atomic mass is 32.1. The number of non-ortho nitro benzene ring substituents is 1. The molecule has 0 N–H and O–H groups in total. The summed E-state index contributed by atoms with van der Waals surface area (Å²) in [6.07, 6.45) is 1.90. The zero-order valence-corrected chi connectivity index (χ0v) is 11.5. The predicted octanol–water partition coefficient (Wildman–Crippen LogP) is 3.58. The Morgan fingerprint density at radius 2 is 2.00 bits per heavy atom. The van der Waals surface area contributed by atoms with Gasteiger partial charge in [0.2, 0.25) is 0 Å². The van der Waals surface area contributed by atoms with Crippen molar-refractivity contribution in [1.82, 2.24) is 0 Å². The molecule has 1 heterocycles. The number of benzene rings is 1. The quantitative estimate of drug-likeness (QED) is 0.353. The summed E-state index contributed by atoms with van der Waals surface area (Å²) in [5.41, 5.74) is 1.19. The normalized spacial score (nSPS) is 10.2. The molecule has 0 aliphatic carbocycles. The Kier molecular flexibility index (Phi) is 4.84. The molecule has 0 atom stereocenters. The summed E-state index contributed by atoms with van der Waals surface area (Å²) in [6.45, 7) is 0. The van der Waals surface area contributed by atoms with Crippen LogP contribution in [0.2, 0.25) is 0 Å². The monoisotopic (exact) mass is 291 g/mol. The third-order valence-electron chi connectivity index (χ3n) is 2.71. The van der Waals surface area contributed by atoms with Crippen LogP contribution in [0, 0.1) is 10.1 Å². The fraction of sp³-hybridized carbons (Fsp3) is 0.214. The van der Waals surface area contributed by atoms with Crippen LogP contribution in [0.25, 0.3) is 0 Å². The van der Waals surface area contributed by atoms with Gasteiger partial charge in [-0.3, -0.25) is 14.9 Å². The Morgan fingerprint density at radius 3 is 2.60 bits per heavy atom. The van der Waals surface area contributed by atoms with Gasteiger partial charge in [-0.2, -0.15) is 11.3 Å². The summed E-state index contributed by atoms with van der Waals surface area (Å²) in [7, 11) is 0. The highest BCUT2D eigenvalue weighted by molar-refractivity contribution is 7.07. The molecular formula is C14H13NO4S. The number of hydrogen-bond donors (Lipinski definition) is 0. The standard InChI is InChI=1S/C14H13NO4S/c16-14(3-1-2-11-8-9-20-10-11)19-13-6-4-12(5-7-13)15(17)18/h4-10H,1-3H2. The predicted molar refractivity (Wildman–Crippen MR) is 76.0 cm³/mol. The van der Waals surface area contributed by atoms with Crippen molar-refractivity contribution in [2.75, 3.05) is 0 Å². The van der Waals surface area contributed by atoms with E-state index in [2.05, 4.69) is 5.38 Å². The van der Waals surface area contributed by atoms with Crippen LogP contribution >= 0.6 is 11.3 Å². The van der Waals surface area contributed by atoms with Crippen molar-refractivity contribution >= 4 is 23.0 Å². The van der Waals surface area contributed by atoms with Crippen LogP contribution in [0.5, 0.6) is 5.75 Å². The zero-order valence-electron chi connectivity index (χ0n) is 10.7. The van der Waals surface area contributed by atoms with E-state index in [0.717, 1.165) is 12.8 Å². The number of nitro groups is 1. The first-order chi connectivity index (χ1) is 9.65. The maximum absolute atomic E-state index is 11.6. The van der Waals surface area contributed by atoms with Crippen LogP contribution in [0.15, 0.2) is 41.1 Å². The minimum absolute atomic E-state index is 0.0257. The van der Waals surface area contributed by atoms with Crippen LogP contribution in [0.3, 0.4) is 0 Å². The molecule has 5 nitrogen and oxygen atoms in total. The lowest BCUT2D eigenvalue weighted by Gasteiger charge is -2.03. The van der Waals surface area contributed by atoms with Crippen molar-refractivity contribution in [1.29, 1.82) is 0 Å². The first kappa shape index (κ1) is 14.2. The Labute approximate surface area is 120 Å². The van der Waals surface area contributed by atoms with Gasteiger partial charge in [-0.1, -0.05) is 0 Å². The number of carbonyl (C=O) groups excluding carboxylic acids is 1. The van der Waals surface area contributed by atoms with Gasteiger partial charge in [-0.15, -0.1) is 0 Å². The topological polar surface area (TPSA) is 69.4 Å². The molecule has 2 rings (SSSR count). The zero-order chi connectivity index (χ0) is 14.4. The number of rotatable bonds is 6. The molecule has 0 saturated carbocycles. The Hall–Kier alpha value is -2.21. The molecule has 0 aliphatic heterocycles. The first-order valence-corrected chi connectivity index (χ1v) is 7.05. The molecule has 0 radical (unpaired) electrons. The summed E-state index contributed by atoms with van der Waals surface area (Å²) >= 11 is 1.63. The number of esters is 1. The molecule has 1 aromatic heterocycles. The molecular weight excluding hydrogens is 278 g/mol. The van der Waals surface area contributed by atoms with Gasteiger partial charge in [0.05, 0.1) is 4.92 Å². The summed E-state index contributed by atoms with van der Waals surface area (Å²) in [5.74, 6) is 0.00483. The SMILES string of the molecule is O=C(CCCc1ccsc1)Oc1ccc([N+](=O)[O-])cc1. The van der Waals surface area contributed by atoms with Gasteiger partial charge in [0.25, 0.3) is 5.69 Å². The van der Waals surface area contributed by atoms with Gasteiger partial charge in [0, 0.05) is 18.6 Å². The van der Waals surface area contributed by atoms with Crippen molar-refractivity contribution in [3.8, 4) is 5.75 Å². The summed E-state index contributed by atoms with van der Waals surface area (Å²) in [6, 6.07) is 7.51. The van der Waals surface area contributed by atoms with Gasteiger partial charge in [-0.25, -0.2) is 0 Å². The van der Waals surface area contributed by atoms with Crippen molar-refractivity contribution in [2.45, 2.75) is 19.3 Å². The number of nitrogens with zero attached hydrogens (tertiary/aromatic N) is 1. The Balaban J connectivity index is 1.77. The van der Waals surface area contributed by atoms with E-state index in [1.54, 1.807) is 11.3 Å². The maximum Gasteiger partial charge on any atom is 0.311 e. The number of thiophene rings is 1. The van der Waals surface area contributed by atoms with E-state index < -0.39 is 4.92 Å². The lowest BCUT2D eigenvalue weighted by Crippen LogP contribution is -2.08. The van der Waals surface area contributed by atoms with Crippen LogP contribution < -0.4 is 4.74 Å². The smallest absolute Gasteiger partial charge is 0.311 e. The number of nitro benzene ring substituents is 1. The van der Waals surface area contributed by atoms with Crippen molar-refractivity contribution in [3.05, 3.63) is 56.8 Å². The molecule has 0 saturated heterocycles. The minimum Gasteiger partial charge on any atom is -0.427 e. The Bertz CT molecular complexity index is 578. The summed E-state index contributed by atoms with van der Waals surface area (Å²) in [4.78, 5) is 21.6. The number of ether oxygens (including phenoxy) is 1. The van der Waals surface area contributed by atoms with Gasteiger partial charge in [0.1, 0.15) is 5.75 Å². The molecule has 0 unspecified atom stereocenters. The minimum atomic E-state index is -0.494. The van der Waals surface area contributed by atoms with E-state index in [1.165, 1.54) is 29.8 Å². The third-order valence-corrected chi connectivity index (χ3v) is 3.44. The number of hydrogen-bond acceptors (Lipinski definition) is 5. The lowest BCUT2D eigenvalue weighted by atomic mass is 10.1.